The number of rotatable bonds is 2. The fourth-order valence-electron chi connectivity index (χ4n) is 3.52. The molecule has 3 aliphatic heterocycles. The van der Waals surface area contributed by atoms with Crippen LogP contribution in [0.4, 0.5) is 0 Å². The lowest BCUT2D eigenvalue weighted by atomic mass is 9.74. The summed E-state index contributed by atoms with van der Waals surface area (Å²) in [5.74, 6) is 1.17. The van der Waals surface area contributed by atoms with E-state index in [1.165, 1.54) is 31.5 Å². The van der Waals surface area contributed by atoms with Gasteiger partial charge in [-0.1, -0.05) is 24.3 Å². The van der Waals surface area contributed by atoms with Crippen LogP contribution in [-0.4, -0.2) is 29.6 Å². The molecule has 0 saturated carbocycles. The summed E-state index contributed by atoms with van der Waals surface area (Å²) in [5.41, 5.74) is 2.35. The summed E-state index contributed by atoms with van der Waals surface area (Å²) in [7, 11) is 0. The number of aliphatic hydroxyl groups is 1. The number of fused-ring (bicyclic) bond motifs is 3. The maximum absolute atomic E-state index is 10.6. The first-order valence-electron chi connectivity index (χ1n) is 6.71. The van der Waals surface area contributed by atoms with Gasteiger partial charge in [-0.3, -0.25) is 0 Å². The van der Waals surface area contributed by atoms with E-state index in [2.05, 4.69) is 24.0 Å². The first-order valence-corrected chi connectivity index (χ1v) is 6.71. The molecule has 17 heavy (non-hydrogen) atoms. The van der Waals surface area contributed by atoms with E-state index in [4.69, 9.17) is 0 Å². The predicted octanol–water partition coefficient (Wildman–Crippen LogP) is 2.62. The molecule has 2 atom stereocenters. The molecule has 4 rings (SSSR count). The number of hydrogen-bond donors (Lipinski definition) is 1. The van der Waals surface area contributed by atoms with Gasteiger partial charge in [0.2, 0.25) is 0 Å². The molecule has 0 aromatic heterocycles. The largest absolute Gasteiger partial charge is 0.388 e. The van der Waals surface area contributed by atoms with Crippen molar-refractivity contribution in [2.75, 3.05) is 19.6 Å². The third-order valence-electron chi connectivity index (χ3n) is 4.62. The van der Waals surface area contributed by atoms with Crippen LogP contribution in [0.1, 0.15) is 31.5 Å². The zero-order chi connectivity index (χ0) is 11.8. The van der Waals surface area contributed by atoms with E-state index >= 15 is 0 Å². The minimum absolute atomic E-state index is 0. The van der Waals surface area contributed by atoms with E-state index in [0.717, 1.165) is 18.0 Å². The molecule has 1 N–H and O–H groups in total. The third kappa shape index (κ3) is 2.00. The van der Waals surface area contributed by atoms with Gasteiger partial charge in [-0.2, -0.15) is 0 Å². The highest BCUT2D eigenvalue weighted by atomic mass is 16.3. The van der Waals surface area contributed by atoms with Gasteiger partial charge >= 0.3 is 0 Å². The summed E-state index contributed by atoms with van der Waals surface area (Å²) in [6.45, 7) is 5.66. The maximum Gasteiger partial charge on any atom is 0.0835 e. The van der Waals surface area contributed by atoms with Gasteiger partial charge in [0.25, 0.3) is 0 Å². The first kappa shape index (κ1) is 11.2. The molecule has 2 bridgehead atoms. The maximum atomic E-state index is 10.6. The average Bonchev–Trinajstić information content (AvgIpc) is 2.40. The number of hydrogen-bond acceptors (Lipinski definition) is 2. The zero-order valence-corrected chi connectivity index (χ0v) is 10.5. The Bertz CT molecular complexity index is 401. The van der Waals surface area contributed by atoms with Crippen LogP contribution in [0.25, 0.3) is 0 Å². The Morgan fingerprint density at radius 2 is 2.00 bits per heavy atom. The predicted molar refractivity (Wildman–Crippen MR) is 70.9 cm³/mol. The van der Waals surface area contributed by atoms with Gasteiger partial charge in [0, 0.05) is 13.9 Å². The molecule has 3 saturated heterocycles. The highest BCUT2D eigenvalue weighted by Gasteiger charge is 2.38. The van der Waals surface area contributed by atoms with Crippen molar-refractivity contribution in [2.24, 2.45) is 11.8 Å². The van der Waals surface area contributed by atoms with Crippen molar-refractivity contribution in [1.82, 2.24) is 4.90 Å². The molecular weight excluding hydrogens is 210 g/mol. The average molecular weight is 233 g/mol. The van der Waals surface area contributed by atoms with E-state index < -0.39 is 0 Å². The number of aryl methyl sites for hydroxylation is 1. The lowest BCUT2D eigenvalue weighted by Crippen LogP contribution is -2.49. The number of benzene rings is 1. The van der Waals surface area contributed by atoms with Crippen molar-refractivity contribution in [3.8, 4) is 0 Å². The van der Waals surface area contributed by atoms with Gasteiger partial charge in [0.05, 0.1) is 6.10 Å². The van der Waals surface area contributed by atoms with E-state index in [1.54, 1.807) is 0 Å². The van der Waals surface area contributed by atoms with Crippen LogP contribution in [0.2, 0.25) is 0 Å². The van der Waals surface area contributed by atoms with E-state index in [-0.39, 0.29) is 7.53 Å². The summed E-state index contributed by atoms with van der Waals surface area (Å²) in [6, 6.07) is 8.26. The van der Waals surface area contributed by atoms with Gasteiger partial charge in [-0.25, -0.2) is 0 Å². The lowest BCUT2D eigenvalue weighted by Gasteiger charge is -2.46. The van der Waals surface area contributed by atoms with E-state index in [1.807, 2.05) is 12.1 Å². The Balaban J connectivity index is 0.00000120. The minimum atomic E-state index is -0.274. The van der Waals surface area contributed by atoms with Crippen molar-refractivity contribution in [1.29, 1.82) is 0 Å². The molecule has 0 radical (unpaired) electrons. The van der Waals surface area contributed by atoms with E-state index in [0.29, 0.717) is 5.92 Å². The van der Waals surface area contributed by atoms with Gasteiger partial charge < -0.3 is 10.0 Å². The molecule has 0 amide bonds. The SMILES string of the molecule is Cc1ccccc1C(O)C1CN2CCC1CC2.[HH]. The van der Waals surface area contributed by atoms with Gasteiger partial charge in [0.1, 0.15) is 0 Å². The first-order chi connectivity index (χ1) is 8.25. The van der Waals surface area contributed by atoms with Gasteiger partial charge in [-0.05, 0) is 49.9 Å². The van der Waals surface area contributed by atoms with Crippen LogP contribution in [0, 0.1) is 18.8 Å². The summed E-state index contributed by atoms with van der Waals surface area (Å²) in [6.07, 6.45) is 2.27. The molecule has 3 fully saturated rings. The van der Waals surface area contributed by atoms with Crippen LogP contribution in [0.5, 0.6) is 0 Å². The van der Waals surface area contributed by atoms with Crippen LogP contribution in [0.15, 0.2) is 24.3 Å². The van der Waals surface area contributed by atoms with Crippen molar-refractivity contribution in [3.05, 3.63) is 35.4 Å². The number of nitrogens with zero attached hydrogens (tertiary/aromatic N) is 1. The molecular formula is C15H23NO. The second kappa shape index (κ2) is 4.43. The van der Waals surface area contributed by atoms with Crippen LogP contribution < -0.4 is 0 Å². The Morgan fingerprint density at radius 1 is 1.29 bits per heavy atom. The minimum Gasteiger partial charge on any atom is -0.388 e. The monoisotopic (exact) mass is 233 g/mol. The summed E-state index contributed by atoms with van der Waals surface area (Å²) < 4.78 is 0. The molecule has 1 aromatic carbocycles. The van der Waals surface area contributed by atoms with Crippen LogP contribution in [-0.2, 0) is 0 Å². The summed E-state index contributed by atoms with van der Waals surface area (Å²) in [5, 5.41) is 10.6. The normalized spacial score (nSPS) is 33.6. The van der Waals surface area contributed by atoms with Crippen molar-refractivity contribution >= 4 is 0 Å². The second-order valence-electron chi connectivity index (χ2n) is 5.60. The highest BCUT2D eigenvalue weighted by Crippen LogP contribution is 2.40. The number of piperidine rings is 3. The molecule has 2 heteroatoms. The molecule has 3 heterocycles. The van der Waals surface area contributed by atoms with Crippen molar-refractivity contribution in [2.45, 2.75) is 25.9 Å². The highest BCUT2D eigenvalue weighted by molar-refractivity contribution is 5.28. The van der Waals surface area contributed by atoms with Gasteiger partial charge in [-0.15, -0.1) is 0 Å². The molecule has 94 valence electrons. The summed E-state index contributed by atoms with van der Waals surface area (Å²) >= 11 is 0. The number of aliphatic hydroxyl groups excluding tert-OH is 1. The Hall–Kier alpha value is -0.860. The zero-order valence-electron chi connectivity index (χ0n) is 10.5. The fourth-order valence-corrected chi connectivity index (χ4v) is 3.52. The Labute approximate surface area is 105 Å². The quantitative estimate of drug-likeness (QED) is 0.849. The summed E-state index contributed by atoms with van der Waals surface area (Å²) in [4.78, 5) is 2.51. The Kier molecular flexibility index (Phi) is 2.93. The molecule has 2 nitrogen and oxygen atoms in total. The smallest absolute Gasteiger partial charge is 0.0835 e. The second-order valence-corrected chi connectivity index (χ2v) is 5.60. The van der Waals surface area contributed by atoms with Gasteiger partial charge in [0.15, 0.2) is 0 Å². The lowest BCUT2D eigenvalue weighted by molar-refractivity contribution is -0.0265. The molecule has 2 unspecified atom stereocenters. The van der Waals surface area contributed by atoms with Crippen molar-refractivity contribution in [3.63, 3.8) is 0 Å². The third-order valence-corrected chi connectivity index (χ3v) is 4.62. The topological polar surface area (TPSA) is 23.5 Å². The Morgan fingerprint density at radius 3 is 2.59 bits per heavy atom. The van der Waals surface area contributed by atoms with E-state index in [9.17, 15) is 5.11 Å². The van der Waals surface area contributed by atoms with Crippen molar-refractivity contribution < 1.29 is 6.53 Å². The standard InChI is InChI=1S/C15H21NO.H2/c1-11-4-2-3-5-13(11)15(17)14-10-16-8-6-12(14)7-9-16;/h2-5,12,14-15,17H,6-10H2,1H3;1H. The fraction of sp³-hybridized carbons (Fsp3) is 0.600. The molecule has 0 spiro atoms. The van der Waals surface area contributed by atoms with Crippen LogP contribution in [0.3, 0.4) is 0 Å². The van der Waals surface area contributed by atoms with Crippen LogP contribution >= 0.6 is 0 Å². The molecule has 1 aromatic rings. The molecule has 0 aliphatic carbocycles. The molecule has 3 aliphatic rings.